The molecule has 21 heavy (non-hydrogen) atoms. The SMILES string of the molecule is Cc1ccccc1C(=O)Nc1cnc(-n2ccnc2)nc1. The lowest BCUT2D eigenvalue weighted by molar-refractivity contribution is 0.102. The molecule has 1 amide bonds. The summed E-state index contributed by atoms with van der Waals surface area (Å²) in [6.07, 6.45) is 8.15. The number of rotatable bonds is 3. The van der Waals surface area contributed by atoms with E-state index in [1.807, 2.05) is 25.1 Å². The molecule has 0 aliphatic carbocycles. The second-order valence-corrected chi connectivity index (χ2v) is 4.51. The zero-order valence-electron chi connectivity index (χ0n) is 11.4. The minimum Gasteiger partial charge on any atom is -0.319 e. The molecule has 0 aliphatic heterocycles. The predicted octanol–water partition coefficient (Wildman–Crippen LogP) is 2.22. The molecule has 3 rings (SSSR count). The van der Waals surface area contributed by atoms with E-state index in [9.17, 15) is 4.79 Å². The van der Waals surface area contributed by atoms with E-state index >= 15 is 0 Å². The largest absolute Gasteiger partial charge is 0.319 e. The highest BCUT2D eigenvalue weighted by atomic mass is 16.1. The third-order valence-electron chi connectivity index (χ3n) is 3.02. The molecular weight excluding hydrogens is 266 g/mol. The van der Waals surface area contributed by atoms with Gasteiger partial charge in [0, 0.05) is 18.0 Å². The molecule has 0 atom stereocenters. The zero-order valence-corrected chi connectivity index (χ0v) is 11.4. The normalized spacial score (nSPS) is 10.3. The van der Waals surface area contributed by atoms with Crippen molar-refractivity contribution in [3.8, 4) is 5.95 Å². The zero-order chi connectivity index (χ0) is 14.7. The van der Waals surface area contributed by atoms with Gasteiger partial charge in [0.15, 0.2) is 0 Å². The molecule has 104 valence electrons. The van der Waals surface area contributed by atoms with Crippen molar-refractivity contribution in [1.82, 2.24) is 19.5 Å². The van der Waals surface area contributed by atoms with Gasteiger partial charge in [0.2, 0.25) is 5.95 Å². The van der Waals surface area contributed by atoms with E-state index in [1.165, 1.54) is 0 Å². The summed E-state index contributed by atoms with van der Waals surface area (Å²) < 4.78 is 1.69. The Hall–Kier alpha value is -3.02. The summed E-state index contributed by atoms with van der Waals surface area (Å²) in [6, 6.07) is 7.41. The molecule has 0 saturated heterocycles. The molecule has 1 N–H and O–H groups in total. The number of carbonyl (C=O) groups excluding carboxylic acids is 1. The van der Waals surface area contributed by atoms with Gasteiger partial charge in [-0.1, -0.05) is 18.2 Å². The van der Waals surface area contributed by atoms with Gasteiger partial charge in [0.25, 0.3) is 5.91 Å². The summed E-state index contributed by atoms with van der Waals surface area (Å²) in [7, 11) is 0. The molecule has 0 saturated carbocycles. The fraction of sp³-hybridized carbons (Fsp3) is 0.0667. The van der Waals surface area contributed by atoms with Crippen molar-refractivity contribution >= 4 is 11.6 Å². The summed E-state index contributed by atoms with van der Waals surface area (Å²) in [5, 5.41) is 2.78. The van der Waals surface area contributed by atoms with Crippen LogP contribution >= 0.6 is 0 Å². The number of amides is 1. The van der Waals surface area contributed by atoms with Crippen molar-refractivity contribution in [3.63, 3.8) is 0 Å². The lowest BCUT2D eigenvalue weighted by atomic mass is 10.1. The van der Waals surface area contributed by atoms with Crippen LogP contribution in [0.15, 0.2) is 55.4 Å². The summed E-state index contributed by atoms with van der Waals surface area (Å²) in [4.78, 5) is 24.5. The Morgan fingerprint density at radius 3 is 2.62 bits per heavy atom. The van der Waals surface area contributed by atoms with Crippen LogP contribution in [0.2, 0.25) is 0 Å². The smallest absolute Gasteiger partial charge is 0.256 e. The van der Waals surface area contributed by atoms with Crippen molar-refractivity contribution in [2.75, 3.05) is 5.32 Å². The van der Waals surface area contributed by atoms with Crippen molar-refractivity contribution in [2.24, 2.45) is 0 Å². The van der Waals surface area contributed by atoms with Gasteiger partial charge in [0.05, 0.1) is 18.1 Å². The summed E-state index contributed by atoms with van der Waals surface area (Å²) in [5.74, 6) is 0.327. The average molecular weight is 279 g/mol. The maximum absolute atomic E-state index is 12.2. The van der Waals surface area contributed by atoms with Gasteiger partial charge in [0.1, 0.15) is 6.33 Å². The first-order valence-corrected chi connectivity index (χ1v) is 6.41. The molecule has 0 bridgehead atoms. The van der Waals surface area contributed by atoms with Crippen LogP contribution in [0.5, 0.6) is 0 Å². The molecule has 2 aromatic heterocycles. The molecule has 0 radical (unpaired) electrons. The Morgan fingerprint density at radius 2 is 1.95 bits per heavy atom. The Kier molecular flexibility index (Phi) is 3.42. The second kappa shape index (κ2) is 5.54. The third kappa shape index (κ3) is 2.79. The molecular formula is C15H13N5O. The minimum absolute atomic E-state index is 0.174. The van der Waals surface area contributed by atoms with Crippen LogP contribution < -0.4 is 5.32 Å². The van der Waals surface area contributed by atoms with Crippen LogP contribution in [-0.2, 0) is 0 Å². The number of nitrogens with one attached hydrogen (secondary N) is 1. The predicted molar refractivity (Wildman–Crippen MR) is 78.3 cm³/mol. The number of carbonyl (C=O) groups is 1. The first-order chi connectivity index (χ1) is 10.2. The molecule has 0 spiro atoms. The van der Waals surface area contributed by atoms with Gasteiger partial charge >= 0.3 is 0 Å². The number of imidazole rings is 1. The van der Waals surface area contributed by atoms with E-state index < -0.39 is 0 Å². The number of aromatic nitrogens is 4. The van der Waals surface area contributed by atoms with Gasteiger partial charge in [-0.15, -0.1) is 0 Å². The van der Waals surface area contributed by atoms with E-state index in [4.69, 9.17) is 0 Å². The summed E-state index contributed by atoms with van der Waals surface area (Å²) in [5.41, 5.74) is 2.11. The van der Waals surface area contributed by atoms with Crippen LogP contribution in [0.1, 0.15) is 15.9 Å². The van der Waals surface area contributed by atoms with E-state index in [0.29, 0.717) is 17.2 Å². The first-order valence-electron chi connectivity index (χ1n) is 6.41. The highest BCUT2D eigenvalue weighted by Crippen LogP contribution is 2.11. The van der Waals surface area contributed by atoms with Crippen LogP contribution in [0.4, 0.5) is 5.69 Å². The van der Waals surface area contributed by atoms with Gasteiger partial charge in [-0.25, -0.2) is 15.0 Å². The standard InChI is InChI=1S/C15H13N5O/c1-11-4-2-3-5-13(11)14(21)19-12-8-17-15(18-9-12)20-7-6-16-10-20/h2-10H,1H3,(H,19,21). The monoisotopic (exact) mass is 279 g/mol. The molecule has 3 aromatic rings. The fourth-order valence-corrected chi connectivity index (χ4v) is 1.92. The van der Waals surface area contributed by atoms with Gasteiger partial charge in [-0.3, -0.25) is 9.36 Å². The minimum atomic E-state index is -0.174. The van der Waals surface area contributed by atoms with Crippen LogP contribution in [0.3, 0.4) is 0 Å². The lowest BCUT2D eigenvalue weighted by Gasteiger charge is -2.07. The molecule has 6 nitrogen and oxygen atoms in total. The van der Waals surface area contributed by atoms with E-state index in [0.717, 1.165) is 5.56 Å². The highest BCUT2D eigenvalue weighted by molar-refractivity contribution is 6.05. The molecule has 6 heteroatoms. The topological polar surface area (TPSA) is 72.7 Å². The van der Waals surface area contributed by atoms with E-state index in [1.54, 1.807) is 41.7 Å². The van der Waals surface area contributed by atoms with Crippen LogP contribution in [0, 0.1) is 6.92 Å². The average Bonchev–Trinajstić information content (AvgIpc) is 3.02. The van der Waals surface area contributed by atoms with E-state index in [-0.39, 0.29) is 5.91 Å². The van der Waals surface area contributed by atoms with Crippen molar-refractivity contribution in [3.05, 3.63) is 66.5 Å². The number of hydrogen-bond acceptors (Lipinski definition) is 4. The first kappa shape index (κ1) is 13.0. The van der Waals surface area contributed by atoms with E-state index in [2.05, 4.69) is 20.3 Å². The second-order valence-electron chi connectivity index (χ2n) is 4.51. The number of hydrogen-bond donors (Lipinski definition) is 1. The lowest BCUT2D eigenvalue weighted by Crippen LogP contribution is -2.14. The maximum atomic E-state index is 12.2. The van der Waals surface area contributed by atoms with Gasteiger partial charge < -0.3 is 5.32 Å². The third-order valence-corrected chi connectivity index (χ3v) is 3.02. The van der Waals surface area contributed by atoms with Gasteiger partial charge in [-0.05, 0) is 18.6 Å². The molecule has 0 fully saturated rings. The molecule has 0 unspecified atom stereocenters. The Labute approximate surface area is 121 Å². The van der Waals surface area contributed by atoms with Crippen LogP contribution in [-0.4, -0.2) is 25.4 Å². The Morgan fingerprint density at radius 1 is 1.19 bits per heavy atom. The van der Waals surface area contributed by atoms with Gasteiger partial charge in [-0.2, -0.15) is 0 Å². The molecule has 1 aromatic carbocycles. The van der Waals surface area contributed by atoms with Crippen molar-refractivity contribution < 1.29 is 4.79 Å². The number of aryl methyl sites for hydroxylation is 1. The maximum Gasteiger partial charge on any atom is 0.256 e. The number of nitrogens with zero attached hydrogens (tertiary/aromatic N) is 4. The summed E-state index contributed by atoms with van der Waals surface area (Å²) in [6.45, 7) is 1.90. The number of anilines is 1. The highest BCUT2D eigenvalue weighted by Gasteiger charge is 2.09. The van der Waals surface area contributed by atoms with Crippen LogP contribution in [0.25, 0.3) is 5.95 Å². The Balaban J connectivity index is 1.77. The summed E-state index contributed by atoms with van der Waals surface area (Å²) >= 11 is 0. The van der Waals surface area contributed by atoms with Crippen molar-refractivity contribution in [2.45, 2.75) is 6.92 Å². The number of benzene rings is 1. The molecule has 0 aliphatic rings. The van der Waals surface area contributed by atoms with Crippen molar-refractivity contribution in [1.29, 1.82) is 0 Å². The Bertz CT molecular complexity index is 750. The fourth-order valence-electron chi connectivity index (χ4n) is 1.92. The molecule has 2 heterocycles. The quantitative estimate of drug-likeness (QED) is 0.798.